The summed E-state index contributed by atoms with van der Waals surface area (Å²) in [5.41, 5.74) is 0. The summed E-state index contributed by atoms with van der Waals surface area (Å²) in [5.74, 6) is -0.755. The van der Waals surface area contributed by atoms with Gasteiger partial charge in [0.1, 0.15) is 0 Å². The highest BCUT2D eigenvalue weighted by atomic mass is 28.4. The van der Waals surface area contributed by atoms with E-state index in [1.807, 2.05) is 39.3 Å². The lowest BCUT2D eigenvalue weighted by Crippen LogP contribution is -2.28. The third-order valence-electron chi connectivity index (χ3n) is 1.39. The first kappa shape index (κ1) is 16.9. The van der Waals surface area contributed by atoms with Crippen LogP contribution in [0.25, 0.3) is 0 Å². The van der Waals surface area contributed by atoms with E-state index in [0.29, 0.717) is 0 Å². The molecule has 0 aromatic heterocycles. The van der Waals surface area contributed by atoms with Crippen molar-refractivity contribution in [1.29, 1.82) is 0 Å². The average Bonchev–Trinajstić information content (AvgIpc) is 2.06. The molecule has 18 heavy (non-hydrogen) atoms. The van der Waals surface area contributed by atoms with Gasteiger partial charge in [-0.25, -0.2) is 9.59 Å². The largest absolute Gasteiger partial charge is 0.517 e. The van der Waals surface area contributed by atoms with E-state index in [1.54, 1.807) is 0 Å². The van der Waals surface area contributed by atoms with Gasteiger partial charge >= 0.3 is 11.9 Å². The van der Waals surface area contributed by atoms with Crippen molar-refractivity contribution in [3.63, 3.8) is 0 Å². The molecule has 0 saturated heterocycles. The quantitative estimate of drug-likeness (QED) is 0.443. The van der Waals surface area contributed by atoms with Crippen LogP contribution in [0.15, 0.2) is 24.3 Å². The summed E-state index contributed by atoms with van der Waals surface area (Å²) >= 11 is 0. The van der Waals surface area contributed by atoms with E-state index in [1.165, 1.54) is 24.3 Å². The maximum Gasteiger partial charge on any atom is 0.317 e. The summed E-state index contributed by atoms with van der Waals surface area (Å²) in [7, 11) is -3.69. The molecule has 102 valence electrons. The van der Waals surface area contributed by atoms with Crippen LogP contribution in [0.4, 0.5) is 0 Å². The molecule has 6 heteroatoms. The van der Waals surface area contributed by atoms with E-state index in [-0.39, 0.29) is 11.9 Å². The van der Waals surface area contributed by atoms with Gasteiger partial charge in [0.15, 0.2) is 0 Å². The lowest BCUT2D eigenvalue weighted by atomic mass is 10.4. The van der Waals surface area contributed by atoms with Crippen molar-refractivity contribution in [1.82, 2.24) is 0 Å². The van der Waals surface area contributed by atoms with Gasteiger partial charge in [0.2, 0.25) is 16.6 Å². The first-order valence-corrected chi connectivity index (χ1v) is 12.6. The van der Waals surface area contributed by atoms with Crippen LogP contribution in [0.5, 0.6) is 0 Å². The van der Waals surface area contributed by atoms with Gasteiger partial charge in [-0.3, -0.25) is 0 Å². The zero-order valence-corrected chi connectivity index (χ0v) is 13.9. The van der Waals surface area contributed by atoms with E-state index in [2.05, 4.69) is 0 Å². The molecule has 0 aliphatic rings. The van der Waals surface area contributed by atoms with Gasteiger partial charge in [-0.2, -0.15) is 0 Å². The molecule has 0 aromatic carbocycles. The second-order valence-corrected chi connectivity index (χ2v) is 14.6. The van der Waals surface area contributed by atoms with Crippen LogP contribution in [0, 0.1) is 0 Å². The van der Waals surface area contributed by atoms with Gasteiger partial charge in [-0.05, 0) is 39.3 Å². The fourth-order valence-electron chi connectivity index (χ4n) is 0.940. The summed E-state index contributed by atoms with van der Waals surface area (Å²) in [6.45, 7) is 11.6. The zero-order chi connectivity index (χ0) is 14.4. The van der Waals surface area contributed by atoms with Crippen molar-refractivity contribution in [2.75, 3.05) is 0 Å². The van der Waals surface area contributed by atoms with Crippen molar-refractivity contribution in [3.05, 3.63) is 24.3 Å². The van der Waals surface area contributed by atoms with Crippen LogP contribution in [-0.4, -0.2) is 28.6 Å². The molecule has 0 saturated carbocycles. The van der Waals surface area contributed by atoms with Crippen molar-refractivity contribution in [2.24, 2.45) is 0 Å². The fourth-order valence-corrected chi connectivity index (χ4v) is 2.28. The Hall–Kier alpha value is -1.15. The normalized spacial score (nSPS) is 13.0. The SMILES string of the molecule is C[Si](C)(C)OC(=O)C=CC=CC(=O)O[Si](C)(C)C. The summed E-state index contributed by atoms with van der Waals surface area (Å²) in [4.78, 5) is 22.6. The molecule has 0 amide bonds. The number of carbonyl (C=O) groups excluding carboxylic acids is 2. The second-order valence-electron chi connectivity index (χ2n) is 5.79. The smallest absolute Gasteiger partial charge is 0.317 e. The zero-order valence-electron chi connectivity index (χ0n) is 11.9. The molecule has 0 aliphatic heterocycles. The Morgan fingerprint density at radius 2 is 1.00 bits per heavy atom. The van der Waals surface area contributed by atoms with E-state index in [4.69, 9.17) is 8.85 Å². The third kappa shape index (κ3) is 11.3. The molecule has 0 N–H and O–H groups in total. The fraction of sp³-hybridized carbons (Fsp3) is 0.500. The Balaban J connectivity index is 4.17. The highest BCUT2D eigenvalue weighted by Gasteiger charge is 2.18. The number of carbonyl (C=O) groups is 2. The highest BCUT2D eigenvalue weighted by molar-refractivity contribution is 6.71. The minimum absolute atomic E-state index is 0.377. The van der Waals surface area contributed by atoms with Crippen LogP contribution < -0.4 is 0 Å². The average molecular weight is 286 g/mol. The molecule has 0 spiro atoms. The van der Waals surface area contributed by atoms with Crippen LogP contribution >= 0.6 is 0 Å². The third-order valence-corrected chi connectivity index (χ3v) is 3.02. The van der Waals surface area contributed by atoms with E-state index < -0.39 is 16.6 Å². The Kier molecular flexibility index (Phi) is 6.27. The molecule has 0 rings (SSSR count). The van der Waals surface area contributed by atoms with E-state index in [0.717, 1.165) is 0 Å². The Morgan fingerprint density at radius 3 is 1.22 bits per heavy atom. The van der Waals surface area contributed by atoms with Gasteiger partial charge in [0.05, 0.1) is 0 Å². The predicted octanol–water partition coefficient (Wildman–Crippen LogP) is 2.86. The second kappa shape index (κ2) is 6.70. The number of hydrogen-bond donors (Lipinski definition) is 0. The molecule has 4 nitrogen and oxygen atoms in total. The molecule has 0 unspecified atom stereocenters. The molecule has 0 heterocycles. The summed E-state index contributed by atoms with van der Waals surface area (Å²) < 4.78 is 10.4. The van der Waals surface area contributed by atoms with Crippen molar-refractivity contribution in [2.45, 2.75) is 39.3 Å². The lowest BCUT2D eigenvalue weighted by Gasteiger charge is -2.15. The van der Waals surface area contributed by atoms with Gasteiger partial charge < -0.3 is 8.85 Å². The highest BCUT2D eigenvalue weighted by Crippen LogP contribution is 2.04. The Bertz CT molecular complexity index is 323. The minimum atomic E-state index is -1.85. The molecular formula is C12H22O4Si2. The van der Waals surface area contributed by atoms with Crippen LogP contribution in [0.1, 0.15) is 0 Å². The first-order valence-electron chi connectivity index (χ1n) is 5.80. The van der Waals surface area contributed by atoms with Crippen LogP contribution in [-0.2, 0) is 18.4 Å². The van der Waals surface area contributed by atoms with Gasteiger partial charge in [-0.1, -0.05) is 12.2 Å². The van der Waals surface area contributed by atoms with E-state index >= 15 is 0 Å². The molecule has 0 fully saturated rings. The molecular weight excluding hydrogens is 264 g/mol. The number of allylic oxidation sites excluding steroid dienone is 2. The van der Waals surface area contributed by atoms with Crippen LogP contribution in [0.3, 0.4) is 0 Å². The topological polar surface area (TPSA) is 52.6 Å². The Labute approximate surface area is 111 Å². The Morgan fingerprint density at radius 1 is 0.722 bits per heavy atom. The maximum atomic E-state index is 11.3. The maximum absolute atomic E-state index is 11.3. The summed E-state index contributed by atoms with van der Waals surface area (Å²) in [6.07, 6.45) is 5.56. The first-order chi connectivity index (χ1) is 7.99. The minimum Gasteiger partial charge on any atom is -0.517 e. The summed E-state index contributed by atoms with van der Waals surface area (Å²) in [5, 5.41) is 0. The number of hydrogen-bond acceptors (Lipinski definition) is 4. The molecule has 0 aromatic rings. The van der Waals surface area contributed by atoms with E-state index in [9.17, 15) is 9.59 Å². The van der Waals surface area contributed by atoms with Crippen molar-refractivity contribution in [3.8, 4) is 0 Å². The molecule has 0 atom stereocenters. The van der Waals surface area contributed by atoms with Gasteiger partial charge in [-0.15, -0.1) is 0 Å². The summed E-state index contributed by atoms with van der Waals surface area (Å²) in [6, 6.07) is 0. The van der Waals surface area contributed by atoms with Gasteiger partial charge in [0.25, 0.3) is 0 Å². The van der Waals surface area contributed by atoms with Gasteiger partial charge in [0, 0.05) is 12.2 Å². The molecule has 0 radical (unpaired) electrons. The number of rotatable bonds is 5. The predicted molar refractivity (Wildman–Crippen MR) is 77.2 cm³/mol. The molecule has 0 aliphatic carbocycles. The van der Waals surface area contributed by atoms with Crippen molar-refractivity contribution >= 4 is 28.6 Å². The monoisotopic (exact) mass is 286 g/mol. The molecule has 0 bridgehead atoms. The van der Waals surface area contributed by atoms with Crippen molar-refractivity contribution < 1.29 is 18.4 Å². The standard InChI is InChI=1S/C12H22O4Si2/c1-17(2,3)15-11(13)9-7-8-10-12(14)16-18(4,5)6/h7-10H,1-6H3. The lowest BCUT2D eigenvalue weighted by molar-refractivity contribution is -0.130. The van der Waals surface area contributed by atoms with Crippen LogP contribution in [0.2, 0.25) is 39.3 Å².